The number of rotatable bonds is 6. The smallest absolute Gasteiger partial charge is 0.257 e. The molecule has 3 aromatic heterocycles. The van der Waals surface area contributed by atoms with Crippen molar-refractivity contribution in [2.75, 3.05) is 0 Å². The van der Waals surface area contributed by atoms with Gasteiger partial charge < -0.3 is 4.42 Å². The van der Waals surface area contributed by atoms with Crippen molar-refractivity contribution < 1.29 is 4.42 Å². The predicted octanol–water partition coefficient (Wildman–Crippen LogP) is 3.67. The lowest BCUT2D eigenvalue weighted by molar-refractivity contribution is 0.454. The van der Waals surface area contributed by atoms with Crippen LogP contribution in [0.2, 0.25) is 0 Å². The summed E-state index contributed by atoms with van der Waals surface area (Å²) in [6.45, 7) is 4.77. The molecule has 3 heterocycles. The molecule has 21 heavy (non-hydrogen) atoms. The van der Waals surface area contributed by atoms with Crippen molar-refractivity contribution >= 4 is 22.7 Å². The fourth-order valence-corrected chi connectivity index (χ4v) is 3.37. The van der Waals surface area contributed by atoms with E-state index in [-0.39, 0.29) is 6.04 Å². The van der Waals surface area contributed by atoms with Gasteiger partial charge in [0.1, 0.15) is 5.01 Å². The van der Waals surface area contributed by atoms with E-state index in [0.29, 0.717) is 18.3 Å². The maximum Gasteiger partial charge on any atom is 0.257 e. The number of thiazole rings is 1. The second-order valence-corrected chi connectivity index (χ2v) is 6.69. The third-order valence-electron chi connectivity index (χ3n) is 3.05. The highest BCUT2D eigenvalue weighted by atomic mass is 32.1. The molecule has 0 aliphatic rings. The summed E-state index contributed by atoms with van der Waals surface area (Å²) < 4.78 is 5.65. The largest absolute Gasteiger partial charge is 0.419 e. The quantitative estimate of drug-likeness (QED) is 0.751. The molecule has 1 atom stereocenters. The highest BCUT2D eigenvalue weighted by Crippen LogP contribution is 2.24. The van der Waals surface area contributed by atoms with Crippen molar-refractivity contribution in [3.63, 3.8) is 0 Å². The topological polar surface area (TPSA) is 63.8 Å². The van der Waals surface area contributed by atoms with Gasteiger partial charge in [0.05, 0.1) is 17.5 Å². The summed E-state index contributed by atoms with van der Waals surface area (Å²) in [5.41, 5.74) is 0. The Kier molecular flexibility index (Phi) is 4.42. The zero-order valence-corrected chi connectivity index (χ0v) is 13.5. The SMILES string of the molecule is CCc1cnc([C@H](C)NCc2nnc(-c3cccs3)o2)s1. The van der Waals surface area contributed by atoms with Gasteiger partial charge in [-0.3, -0.25) is 5.32 Å². The number of hydrogen-bond donors (Lipinski definition) is 1. The number of nitrogens with zero attached hydrogens (tertiary/aromatic N) is 3. The van der Waals surface area contributed by atoms with Crippen LogP contribution < -0.4 is 5.32 Å². The Morgan fingerprint density at radius 1 is 1.38 bits per heavy atom. The number of aryl methyl sites for hydroxylation is 1. The molecule has 0 radical (unpaired) electrons. The number of nitrogens with one attached hydrogen (secondary N) is 1. The molecule has 0 fully saturated rings. The van der Waals surface area contributed by atoms with Gasteiger partial charge in [-0.25, -0.2) is 4.98 Å². The monoisotopic (exact) mass is 320 g/mol. The van der Waals surface area contributed by atoms with Crippen LogP contribution in [0.25, 0.3) is 10.8 Å². The van der Waals surface area contributed by atoms with Crippen LogP contribution in [-0.2, 0) is 13.0 Å². The lowest BCUT2D eigenvalue weighted by atomic mass is 10.3. The van der Waals surface area contributed by atoms with E-state index < -0.39 is 0 Å². The summed E-state index contributed by atoms with van der Waals surface area (Å²) in [5, 5.41) is 14.6. The lowest BCUT2D eigenvalue weighted by Crippen LogP contribution is -2.18. The fourth-order valence-electron chi connectivity index (χ4n) is 1.84. The van der Waals surface area contributed by atoms with Crippen LogP contribution in [0.1, 0.15) is 35.7 Å². The van der Waals surface area contributed by atoms with Crippen molar-refractivity contribution in [3.05, 3.63) is 39.5 Å². The van der Waals surface area contributed by atoms with E-state index in [1.807, 2.05) is 23.7 Å². The summed E-state index contributed by atoms with van der Waals surface area (Å²) in [7, 11) is 0. The molecule has 110 valence electrons. The van der Waals surface area contributed by atoms with Gasteiger partial charge in [0, 0.05) is 11.1 Å². The normalized spacial score (nSPS) is 12.7. The molecular formula is C14H16N4OS2. The van der Waals surface area contributed by atoms with Gasteiger partial charge in [0.15, 0.2) is 0 Å². The molecule has 0 aromatic carbocycles. The van der Waals surface area contributed by atoms with E-state index in [2.05, 4.69) is 34.3 Å². The second-order valence-electron chi connectivity index (χ2n) is 4.60. The molecule has 5 nitrogen and oxygen atoms in total. The van der Waals surface area contributed by atoms with Crippen LogP contribution in [0, 0.1) is 0 Å². The summed E-state index contributed by atoms with van der Waals surface area (Å²) >= 11 is 3.33. The Hall–Kier alpha value is -1.57. The summed E-state index contributed by atoms with van der Waals surface area (Å²) in [6, 6.07) is 4.12. The van der Waals surface area contributed by atoms with E-state index in [4.69, 9.17) is 4.42 Å². The summed E-state index contributed by atoms with van der Waals surface area (Å²) in [4.78, 5) is 6.73. The van der Waals surface area contributed by atoms with Gasteiger partial charge in [-0.2, -0.15) is 0 Å². The second kappa shape index (κ2) is 6.46. The van der Waals surface area contributed by atoms with Crippen molar-refractivity contribution in [1.82, 2.24) is 20.5 Å². The molecule has 3 aromatic rings. The Balaban J connectivity index is 1.60. The van der Waals surface area contributed by atoms with Gasteiger partial charge in [-0.1, -0.05) is 13.0 Å². The van der Waals surface area contributed by atoms with E-state index in [0.717, 1.165) is 16.3 Å². The summed E-state index contributed by atoms with van der Waals surface area (Å²) in [6.07, 6.45) is 2.97. The first-order valence-electron chi connectivity index (χ1n) is 6.80. The average Bonchev–Trinajstić information content (AvgIpc) is 3.24. The maximum atomic E-state index is 5.65. The standard InChI is InChI=1S/C14H16N4OS2/c1-3-10-7-16-14(21-10)9(2)15-8-12-17-18-13(19-12)11-5-4-6-20-11/h4-7,9,15H,3,8H2,1-2H3/t9-/m0/s1. The molecular weight excluding hydrogens is 304 g/mol. The molecule has 0 saturated carbocycles. The third-order valence-corrected chi connectivity index (χ3v) is 5.23. The van der Waals surface area contributed by atoms with Gasteiger partial charge >= 0.3 is 0 Å². The molecule has 1 N–H and O–H groups in total. The number of hydrogen-bond acceptors (Lipinski definition) is 7. The molecule has 3 rings (SSSR count). The molecule has 7 heteroatoms. The van der Waals surface area contributed by atoms with Gasteiger partial charge in [-0.05, 0) is 24.8 Å². The van der Waals surface area contributed by atoms with Crippen molar-refractivity contribution in [2.24, 2.45) is 0 Å². The molecule has 0 saturated heterocycles. The molecule has 0 amide bonds. The van der Waals surface area contributed by atoms with E-state index in [9.17, 15) is 0 Å². The zero-order valence-electron chi connectivity index (χ0n) is 11.9. The average molecular weight is 320 g/mol. The zero-order chi connectivity index (χ0) is 14.7. The Morgan fingerprint density at radius 3 is 3.00 bits per heavy atom. The number of thiophene rings is 1. The molecule has 0 unspecified atom stereocenters. The van der Waals surface area contributed by atoms with Crippen LogP contribution in [0.5, 0.6) is 0 Å². The van der Waals surface area contributed by atoms with Crippen molar-refractivity contribution in [3.8, 4) is 10.8 Å². The first-order valence-corrected chi connectivity index (χ1v) is 8.50. The number of aromatic nitrogens is 3. The Labute approximate surface area is 131 Å². The van der Waals surface area contributed by atoms with Gasteiger partial charge in [0.2, 0.25) is 5.89 Å². The first kappa shape index (κ1) is 14.4. The molecule has 0 aliphatic carbocycles. The van der Waals surface area contributed by atoms with Crippen LogP contribution in [0.4, 0.5) is 0 Å². The van der Waals surface area contributed by atoms with Crippen LogP contribution in [0.15, 0.2) is 28.1 Å². The van der Waals surface area contributed by atoms with E-state index in [1.54, 1.807) is 22.7 Å². The lowest BCUT2D eigenvalue weighted by Gasteiger charge is -2.08. The fraction of sp³-hybridized carbons (Fsp3) is 0.357. The Morgan fingerprint density at radius 2 is 2.29 bits per heavy atom. The van der Waals surface area contributed by atoms with Gasteiger partial charge in [-0.15, -0.1) is 32.9 Å². The van der Waals surface area contributed by atoms with E-state index >= 15 is 0 Å². The van der Waals surface area contributed by atoms with Crippen LogP contribution in [-0.4, -0.2) is 15.2 Å². The Bertz CT molecular complexity index is 689. The summed E-state index contributed by atoms with van der Waals surface area (Å²) in [5.74, 6) is 1.18. The molecule has 0 spiro atoms. The minimum Gasteiger partial charge on any atom is -0.419 e. The molecule has 0 aliphatic heterocycles. The van der Waals surface area contributed by atoms with Crippen molar-refractivity contribution in [1.29, 1.82) is 0 Å². The van der Waals surface area contributed by atoms with Gasteiger partial charge in [0.25, 0.3) is 5.89 Å². The van der Waals surface area contributed by atoms with E-state index in [1.165, 1.54) is 4.88 Å². The minimum absolute atomic E-state index is 0.174. The minimum atomic E-state index is 0.174. The van der Waals surface area contributed by atoms with Crippen LogP contribution >= 0.6 is 22.7 Å². The third kappa shape index (κ3) is 3.37. The van der Waals surface area contributed by atoms with Crippen molar-refractivity contribution in [2.45, 2.75) is 32.9 Å². The maximum absolute atomic E-state index is 5.65. The van der Waals surface area contributed by atoms with Crippen LogP contribution in [0.3, 0.4) is 0 Å². The highest BCUT2D eigenvalue weighted by Gasteiger charge is 2.13. The molecule has 0 bridgehead atoms. The highest BCUT2D eigenvalue weighted by molar-refractivity contribution is 7.13. The first-order chi connectivity index (χ1) is 10.3. The predicted molar refractivity (Wildman–Crippen MR) is 84.4 cm³/mol.